The Morgan fingerprint density at radius 1 is 1.32 bits per heavy atom. The number of aromatic nitrogens is 1. The van der Waals surface area contributed by atoms with E-state index < -0.39 is 0 Å². The van der Waals surface area contributed by atoms with Crippen molar-refractivity contribution in [1.82, 2.24) is 9.47 Å². The summed E-state index contributed by atoms with van der Waals surface area (Å²) in [5.74, 6) is 0.864. The quantitative estimate of drug-likeness (QED) is 0.855. The molecule has 0 atom stereocenters. The van der Waals surface area contributed by atoms with Gasteiger partial charge in [0.05, 0.1) is 11.1 Å². The van der Waals surface area contributed by atoms with Gasteiger partial charge in [0.25, 0.3) is 0 Å². The number of nitriles is 1. The molecule has 3 rings (SSSR count). The summed E-state index contributed by atoms with van der Waals surface area (Å²) in [6.45, 7) is 6.18. The van der Waals surface area contributed by atoms with Crippen LogP contribution in [0.5, 0.6) is 0 Å². The van der Waals surface area contributed by atoms with E-state index in [-0.39, 0.29) is 5.91 Å². The number of likely N-dealkylation sites (tertiary alicyclic amines) is 1. The van der Waals surface area contributed by atoms with Gasteiger partial charge in [0.15, 0.2) is 0 Å². The molecule has 2 aromatic rings. The molecule has 0 aliphatic carbocycles. The van der Waals surface area contributed by atoms with E-state index in [1.165, 1.54) is 0 Å². The highest BCUT2D eigenvalue weighted by atomic mass is 16.2. The smallest absolute Gasteiger partial charge is 0.242 e. The minimum atomic E-state index is 0.153. The molecule has 0 N–H and O–H groups in total. The van der Waals surface area contributed by atoms with Crippen molar-refractivity contribution in [3.63, 3.8) is 0 Å². The van der Waals surface area contributed by atoms with Crippen molar-refractivity contribution in [1.29, 1.82) is 5.26 Å². The van der Waals surface area contributed by atoms with E-state index in [9.17, 15) is 10.1 Å². The predicted molar refractivity (Wildman–Crippen MR) is 86.4 cm³/mol. The molecule has 2 heterocycles. The monoisotopic (exact) mass is 295 g/mol. The van der Waals surface area contributed by atoms with E-state index in [1.54, 1.807) is 0 Å². The summed E-state index contributed by atoms with van der Waals surface area (Å²) < 4.78 is 1.98. The lowest BCUT2D eigenvalue weighted by molar-refractivity contribution is -0.133. The Kier molecular flexibility index (Phi) is 3.89. The van der Waals surface area contributed by atoms with Gasteiger partial charge in [0.2, 0.25) is 5.91 Å². The molecule has 4 nitrogen and oxygen atoms in total. The lowest BCUT2D eigenvalue weighted by atomic mass is 9.99. The Hall–Kier alpha value is -2.28. The molecule has 4 heteroatoms. The normalized spacial score (nSPS) is 16.0. The van der Waals surface area contributed by atoms with Crippen LogP contribution in [-0.2, 0) is 11.3 Å². The van der Waals surface area contributed by atoms with Gasteiger partial charge in [-0.05, 0) is 31.7 Å². The van der Waals surface area contributed by atoms with Crippen LogP contribution in [0.25, 0.3) is 10.9 Å². The number of fused-ring (bicyclic) bond motifs is 1. The van der Waals surface area contributed by atoms with E-state index in [4.69, 9.17) is 0 Å². The van der Waals surface area contributed by atoms with Crippen LogP contribution in [0.4, 0.5) is 0 Å². The maximum absolute atomic E-state index is 12.6. The van der Waals surface area contributed by atoms with Crippen LogP contribution < -0.4 is 0 Å². The van der Waals surface area contributed by atoms with Gasteiger partial charge in [0, 0.05) is 24.2 Å². The van der Waals surface area contributed by atoms with Gasteiger partial charge in [-0.25, -0.2) is 0 Å². The molecule has 1 aromatic heterocycles. The Morgan fingerprint density at radius 2 is 2.00 bits per heavy atom. The Balaban J connectivity index is 1.90. The van der Waals surface area contributed by atoms with E-state index >= 15 is 0 Å². The number of hydrogen-bond acceptors (Lipinski definition) is 2. The first-order valence-electron chi connectivity index (χ1n) is 7.87. The van der Waals surface area contributed by atoms with Gasteiger partial charge < -0.3 is 9.47 Å². The third kappa shape index (κ3) is 2.48. The van der Waals surface area contributed by atoms with E-state index in [0.717, 1.165) is 42.5 Å². The second-order valence-electron chi connectivity index (χ2n) is 6.24. The number of para-hydroxylation sites is 1. The molecule has 0 bridgehead atoms. The number of carbonyl (C=O) groups is 1. The summed E-state index contributed by atoms with van der Waals surface area (Å²) in [4.78, 5) is 14.5. The molecule has 114 valence electrons. The number of amides is 1. The summed E-state index contributed by atoms with van der Waals surface area (Å²) >= 11 is 0. The van der Waals surface area contributed by atoms with Crippen molar-refractivity contribution in [3.8, 4) is 6.07 Å². The van der Waals surface area contributed by atoms with Crippen molar-refractivity contribution >= 4 is 16.8 Å². The molecule has 1 aliphatic heterocycles. The van der Waals surface area contributed by atoms with Crippen molar-refractivity contribution < 1.29 is 4.79 Å². The molecule has 1 amide bonds. The molecule has 1 fully saturated rings. The van der Waals surface area contributed by atoms with Crippen LogP contribution in [-0.4, -0.2) is 28.5 Å². The van der Waals surface area contributed by atoms with Crippen LogP contribution in [0, 0.1) is 24.2 Å². The molecule has 0 saturated carbocycles. The van der Waals surface area contributed by atoms with Gasteiger partial charge in [-0.1, -0.05) is 25.1 Å². The molecule has 1 aromatic carbocycles. The largest absolute Gasteiger partial charge is 0.341 e. The van der Waals surface area contributed by atoms with Gasteiger partial charge in [0.1, 0.15) is 12.6 Å². The fourth-order valence-electron chi connectivity index (χ4n) is 3.27. The average Bonchev–Trinajstić information content (AvgIpc) is 2.80. The topological polar surface area (TPSA) is 49.0 Å². The lowest BCUT2D eigenvalue weighted by Crippen LogP contribution is -2.39. The summed E-state index contributed by atoms with van der Waals surface area (Å²) in [5, 5.41) is 10.3. The zero-order chi connectivity index (χ0) is 15.7. The Labute approximate surface area is 130 Å². The minimum absolute atomic E-state index is 0.153. The Bertz CT molecular complexity index is 746. The highest BCUT2D eigenvalue weighted by Crippen LogP contribution is 2.25. The third-order valence-corrected chi connectivity index (χ3v) is 4.77. The average molecular weight is 295 g/mol. The number of hydrogen-bond donors (Lipinski definition) is 0. The van der Waals surface area contributed by atoms with Crippen molar-refractivity contribution in [3.05, 3.63) is 35.5 Å². The van der Waals surface area contributed by atoms with E-state index in [0.29, 0.717) is 18.0 Å². The van der Waals surface area contributed by atoms with Crippen molar-refractivity contribution in [2.75, 3.05) is 13.1 Å². The molecule has 1 saturated heterocycles. The van der Waals surface area contributed by atoms with Crippen LogP contribution in [0.1, 0.15) is 31.0 Å². The number of carbonyl (C=O) groups excluding carboxylic acids is 1. The molecule has 0 unspecified atom stereocenters. The molecular formula is C18H21N3O. The van der Waals surface area contributed by atoms with Gasteiger partial charge in [-0.3, -0.25) is 4.79 Å². The predicted octanol–water partition coefficient (Wildman–Crippen LogP) is 3.08. The maximum Gasteiger partial charge on any atom is 0.242 e. The lowest BCUT2D eigenvalue weighted by Gasteiger charge is -2.30. The molecule has 22 heavy (non-hydrogen) atoms. The Morgan fingerprint density at radius 3 is 2.68 bits per heavy atom. The van der Waals surface area contributed by atoms with Crippen LogP contribution in [0.15, 0.2) is 24.3 Å². The van der Waals surface area contributed by atoms with Gasteiger partial charge in [-0.2, -0.15) is 5.26 Å². The number of rotatable bonds is 2. The minimum Gasteiger partial charge on any atom is -0.341 e. The van der Waals surface area contributed by atoms with Gasteiger partial charge in [-0.15, -0.1) is 0 Å². The fourth-order valence-corrected chi connectivity index (χ4v) is 3.27. The summed E-state index contributed by atoms with van der Waals surface area (Å²) in [6.07, 6.45) is 2.17. The highest BCUT2D eigenvalue weighted by Gasteiger charge is 2.22. The number of piperidine rings is 1. The van der Waals surface area contributed by atoms with Crippen LogP contribution in [0.2, 0.25) is 0 Å². The summed E-state index contributed by atoms with van der Waals surface area (Å²) in [6, 6.07) is 10.1. The van der Waals surface area contributed by atoms with E-state index in [1.807, 2.05) is 40.7 Å². The first-order chi connectivity index (χ1) is 10.6. The number of benzene rings is 1. The van der Waals surface area contributed by atoms with Gasteiger partial charge >= 0.3 is 0 Å². The summed E-state index contributed by atoms with van der Waals surface area (Å²) in [5.41, 5.74) is 2.52. The molecule has 0 spiro atoms. The molecule has 0 radical (unpaired) electrons. The molecule has 1 aliphatic rings. The first kappa shape index (κ1) is 14.6. The second-order valence-corrected chi connectivity index (χ2v) is 6.24. The van der Waals surface area contributed by atoms with Crippen LogP contribution in [0.3, 0.4) is 0 Å². The summed E-state index contributed by atoms with van der Waals surface area (Å²) in [7, 11) is 0. The zero-order valence-corrected chi connectivity index (χ0v) is 13.2. The van der Waals surface area contributed by atoms with Crippen molar-refractivity contribution in [2.45, 2.75) is 33.2 Å². The SMILES string of the molecule is Cc1c(C#N)c2ccccc2n1CC(=O)N1CCC(C)CC1. The zero-order valence-electron chi connectivity index (χ0n) is 13.2. The van der Waals surface area contributed by atoms with Crippen molar-refractivity contribution in [2.24, 2.45) is 5.92 Å². The third-order valence-electron chi connectivity index (χ3n) is 4.77. The highest BCUT2D eigenvalue weighted by molar-refractivity contribution is 5.89. The maximum atomic E-state index is 12.6. The first-order valence-corrected chi connectivity index (χ1v) is 7.87. The van der Waals surface area contributed by atoms with Crippen LogP contribution >= 0.6 is 0 Å². The molecular weight excluding hydrogens is 274 g/mol. The second kappa shape index (κ2) is 5.84. The standard InChI is InChI=1S/C18H21N3O/c1-13-7-9-20(10-8-13)18(22)12-21-14(2)16(11-19)15-5-3-4-6-17(15)21/h3-6,13H,7-10,12H2,1-2H3. The van der Waals surface area contributed by atoms with E-state index in [2.05, 4.69) is 13.0 Å². The fraction of sp³-hybridized carbons (Fsp3) is 0.444. The number of nitrogens with zero attached hydrogens (tertiary/aromatic N) is 3.